The van der Waals surface area contributed by atoms with Crippen LogP contribution in [0.1, 0.15) is 79.6 Å². The summed E-state index contributed by atoms with van der Waals surface area (Å²) in [6, 6.07) is 0. The van der Waals surface area contributed by atoms with Crippen molar-refractivity contribution in [2.24, 2.45) is 10.8 Å². The van der Waals surface area contributed by atoms with Crippen molar-refractivity contribution < 1.29 is 4.74 Å². The van der Waals surface area contributed by atoms with Crippen molar-refractivity contribution in [3.05, 3.63) is 0 Å². The average Bonchev–Trinajstić information content (AvgIpc) is 2.38. The zero-order chi connectivity index (χ0) is 15.5. The number of methoxy groups -OCH3 is 1. The van der Waals surface area contributed by atoms with Gasteiger partial charge in [0.05, 0.1) is 6.61 Å². The first-order valence-corrected chi connectivity index (χ1v) is 8.63. The Labute approximate surface area is 128 Å². The second-order valence-corrected chi connectivity index (χ2v) is 7.26. The number of rotatable bonds is 12. The second kappa shape index (κ2) is 10.6. The van der Waals surface area contributed by atoms with Crippen molar-refractivity contribution in [3.8, 4) is 0 Å². The molecule has 1 atom stereocenters. The van der Waals surface area contributed by atoms with Crippen LogP contribution >= 0.6 is 0 Å². The van der Waals surface area contributed by atoms with Gasteiger partial charge in [0.2, 0.25) is 0 Å². The molecule has 0 aliphatic heterocycles. The summed E-state index contributed by atoms with van der Waals surface area (Å²) in [6.07, 6.45) is 9.47. The predicted octanol–water partition coefficient (Wildman–Crippen LogP) is 5.03. The van der Waals surface area contributed by atoms with E-state index in [-0.39, 0.29) is 10.8 Å². The topological polar surface area (TPSA) is 21.3 Å². The zero-order valence-electron chi connectivity index (χ0n) is 15.0. The lowest BCUT2D eigenvalue weighted by molar-refractivity contribution is -0.0145. The lowest BCUT2D eigenvalue weighted by Gasteiger charge is -2.45. The van der Waals surface area contributed by atoms with Crippen LogP contribution in [0.5, 0.6) is 0 Å². The summed E-state index contributed by atoms with van der Waals surface area (Å²) in [5, 5.41) is 3.56. The highest BCUT2D eigenvalue weighted by Crippen LogP contribution is 2.43. The predicted molar refractivity (Wildman–Crippen MR) is 90.3 cm³/mol. The number of hydrogen-bond acceptors (Lipinski definition) is 2. The maximum absolute atomic E-state index is 5.59. The van der Waals surface area contributed by atoms with Crippen LogP contribution in [-0.4, -0.2) is 26.8 Å². The molecular weight excluding hydrogens is 246 g/mol. The smallest absolute Gasteiger partial charge is 0.0535 e. The van der Waals surface area contributed by atoms with Gasteiger partial charge in [-0.2, -0.15) is 0 Å². The van der Waals surface area contributed by atoms with Crippen LogP contribution in [0.15, 0.2) is 0 Å². The summed E-state index contributed by atoms with van der Waals surface area (Å²) in [5.74, 6) is 0. The lowest BCUT2D eigenvalue weighted by Crippen LogP contribution is -2.47. The van der Waals surface area contributed by atoms with E-state index < -0.39 is 0 Å². The Hall–Kier alpha value is -0.0800. The second-order valence-electron chi connectivity index (χ2n) is 7.26. The molecule has 0 aliphatic carbocycles. The minimum Gasteiger partial charge on any atom is -0.384 e. The summed E-state index contributed by atoms with van der Waals surface area (Å²) in [7, 11) is 1.84. The van der Waals surface area contributed by atoms with Crippen molar-refractivity contribution in [3.63, 3.8) is 0 Å². The lowest BCUT2D eigenvalue weighted by atomic mass is 9.64. The van der Waals surface area contributed by atoms with Gasteiger partial charge < -0.3 is 10.1 Å². The Balaban J connectivity index is 4.42. The van der Waals surface area contributed by atoms with E-state index >= 15 is 0 Å². The van der Waals surface area contributed by atoms with Crippen molar-refractivity contribution in [2.75, 3.05) is 26.8 Å². The van der Waals surface area contributed by atoms with Crippen molar-refractivity contribution >= 4 is 0 Å². The van der Waals surface area contributed by atoms with E-state index in [1.165, 1.54) is 44.9 Å². The Morgan fingerprint density at radius 2 is 1.50 bits per heavy atom. The Morgan fingerprint density at radius 1 is 0.900 bits per heavy atom. The van der Waals surface area contributed by atoms with Gasteiger partial charge in [0.1, 0.15) is 0 Å². The van der Waals surface area contributed by atoms with Crippen LogP contribution in [0.3, 0.4) is 0 Å². The molecule has 0 aromatic rings. The van der Waals surface area contributed by atoms with Gasteiger partial charge in [-0.15, -0.1) is 0 Å². The molecule has 0 aromatic carbocycles. The largest absolute Gasteiger partial charge is 0.384 e. The average molecular weight is 286 g/mol. The van der Waals surface area contributed by atoms with E-state index in [0.717, 1.165) is 19.7 Å². The van der Waals surface area contributed by atoms with Crippen molar-refractivity contribution in [1.29, 1.82) is 0 Å². The van der Waals surface area contributed by atoms with Crippen LogP contribution in [-0.2, 0) is 4.74 Å². The third kappa shape index (κ3) is 7.08. The Kier molecular flexibility index (Phi) is 10.6. The molecule has 1 N–H and O–H groups in total. The number of ether oxygens (including phenoxy) is 1. The highest BCUT2D eigenvalue weighted by atomic mass is 16.5. The molecule has 0 spiro atoms. The van der Waals surface area contributed by atoms with E-state index in [1.807, 2.05) is 7.11 Å². The van der Waals surface area contributed by atoms with E-state index in [9.17, 15) is 0 Å². The van der Waals surface area contributed by atoms with Gasteiger partial charge in [-0.25, -0.2) is 0 Å². The Bertz CT molecular complexity index is 222. The van der Waals surface area contributed by atoms with E-state index in [4.69, 9.17) is 4.74 Å². The SMILES string of the molecule is CCCCCCCCC(CNCC)(COC)C(C)(C)C. The van der Waals surface area contributed by atoms with Crippen molar-refractivity contribution in [1.82, 2.24) is 5.32 Å². The molecule has 0 heterocycles. The van der Waals surface area contributed by atoms with Crippen LogP contribution in [0.25, 0.3) is 0 Å². The van der Waals surface area contributed by atoms with Gasteiger partial charge in [-0.1, -0.05) is 73.1 Å². The normalized spacial score (nSPS) is 15.3. The summed E-state index contributed by atoms with van der Waals surface area (Å²) >= 11 is 0. The standard InChI is InChI=1S/C18H39NO/c1-7-9-10-11-12-13-14-18(16-20-6,15-19-8-2)17(3,4)5/h19H,7-16H2,1-6H3. The maximum Gasteiger partial charge on any atom is 0.0535 e. The molecule has 0 radical (unpaired) electrons. The van der Waals surface area contributed by atoms with Gasteiger partial charge in [0.25, 0.3) is 0 Å². The molecule has 0 bridgehead atoms. The molecule has 0 saturated carbocycles. The highest BCUT2D eigenvalue weighted by Gasteiger charge is 2.40. The highest BCUT2D eigenvalue weighted by molar-refractivity contribution is 4.92. The molecule has 0 aromatic heterocycles. The molecule has 122 valence electrons. The monoisotopic (exact) mass is 285 g/mol. The van der Waals surface area contributed by atoms with Gasteiger partial charge in [-0.05, 0) is 18.4 Å². The fourth-order valence-corrected chi connectivity index (χ4v) is 2.95. The third-order valence-electron chi connectivity index (χ3n) is 4.73. The van der Waals surface area contributed by atoms with E-state index in [2.05, 4.69) is 39.9 Å². The first-order chi connectivity index (χ1) is 9.43. The van der Waals surface area contributed by atoms with E-state index in [0.29, 0.717) is 0 Å². The first-order valence-electron chi connectivity index (χ1n) is 8.63. The number of nitrogens with one attached hydrogen (secondary N) is 1. The molecule has 2 heteroatoms. The summed E-state index contributed by atoms with van der Waals surface area (Å²) < 4.78 is 5.59. The summed E-state index contributed by atoms with van der Waals surface area (Å²) in [6.45, 7) is 14.5. The summed E-state index contributed by atoms with van der Waals surface area (Å²) in [4.78, 5) is 0. The van der Waals surface area contributed by atoms with Gasteiger partial charge in [-0.3, -0.25) is 0 Å². The van der Waals surface area contributed by atoms with Crippen molar-refractivity contribution in [2.45, 2.75) is 79.6 Å². The fourth-order valence-electron chi connectivity index (χ4n) is 2.95. The molecule has 0 saturated heterocycles. The maximum atomic E-state index is 5.59. The third-order valence-corrected chi connectivity index (χ3v) is 4.73. The van der Waals surface area contributed by atoms with Gasteiger partial charge >= 0.3 is 0 Å². The molecule has 2 nitrogen and oxygen atoms in total. The molecule has 1 unspecified atom stereocenters. The van der Waals surface area contributed by atoms with Gasteiger partial charge in [0, 0.05) is 19.1 Å². The molecule has 0 aliphatic rings. The summed E-state index contributed by atoms with van der Waals surface area (Å²) in [5.41, 5.74) is 0.525. The van der Waals surface area contributed by atoms with Crippen LogP contribution in [0.4, 0.5) is 0 Å². The molecule has 20 heavy (non-hydrogen) atoms. The van der Waals surface area contributed by atoms with Gasteiger partial charge in [0.15, 0.2) is 0 Å². The minimum atomic E-state index is 0.252. The number of hydrogen-bond donors (Lipinski definition) is 1. The van der Waals surface area contributed by atoms with E-state index in [1.54, 1.807) is 0 Å². The quantitative estimate of drug-likeness (QED) is 0.508. The van der Waals surface area contributed by atoms with Crippen LogP contribution < -0.4 is 5.32 Å². The fraction of sp³-hybridized carbons (Fsp3) is 1.00. The number of unbranched alkanes of at least 4 members (excludes halogenated alkanes) is 5. The first kappa shape index (κ1) is 19.9. The molecular formula is C18H39NO. The van der Waals surface area contributed by atoms with Crippen LogP contribution in [0, 0.1) is 10.8 Å². The molecule has 0 rings (SSSR count). The van der Waals surface area contributed by atoms with Crippen LogP contribution in [0.2, 0.25) is 0 Å². The molecule has 0 amide bonds. The Morgan fingerprint density at radius 3 is 2.00 bits per heavy atom. The zero-order valence-corrected chi connectivity index (χ0v) is 15.0. The molecule has 0 fully saturated rings. The minimum absolute atomic E-state index is 0.252.